The molecule has 0 fully saturated rings. The van der Waals surface area contributed by atoms with E-state index in [2.05, 4.69) is 4.98 Å². The number of hydrogen-bond donors (Lipinski definition) is 1. The van der Waals surface area contributed by atoms with Crippen molar-refractivity contribution in [3.8, 4) is 0 Å². The van der Waals surface area contributed by atoms with Crippen molar-refractivity contribution in [2.24, 2.45) is 0 Å². The van der Waals surface area contributed by atoms with Crippen molar-refractivity contribution in [2.75, 3.05) is 24.3 Å². The van der Waals surface area contributed by atoms with Gasteiger partial charge in [-0.3, -0.25) is 0 Å². The summed E-state index contributed by atoms with van der Waals surface area (Å²) in [5.74, 6) is 0.415. The quantitative estimate of drug-likeness (QED) is 0.675. The van der Waals surface area contributed by atoms with Crippen LogP contribution in [0.1, 0.15) is 22.8 Å². The van der Waals surface area contributed by atoms with Crippen molar-refractivity contribution in [1.29, 1.82) is 0 Å². The normalized spacial score (nSPS) is 10.2. The summed E-state index contributed by atoms with van der Waals surface area (Å²) in [4.78, 5) is 17.8. The first-order valence-electron chi connectivity index (χ1n) is 6.79. The molecule has 0 aliphatic carbocycles. The SMILES string of the molecule is CCOC(=O)c1ccc(N(C)Cc2ccccc2N)nc1. The number of rotatable bonds is 5. The first kappa shape index (κ1) is 14.8. The molecule has 5 heteroatoms. The van der Waals surface area contributed by atoms with Gasteiger partial charge in [0.25, 0.3) is 0 Å². The van der Waals surface area contributed by atoms with Crippen LogP contribution in [0.25, 0.3) is 0 Å². The zero-order chi connectivity index (χ0) is 15.2. The monoisotopic (exact) mass is 285 g/mol. The molecule has 2 N–H and O–H groups in total. The van der Waals surface area contributed by atoms with E-state index in [1.165, 1.54) is 6.20 Å². The number of anilines is 2. The number of aromatic nitrogens is 1. The molecule has 0 amide bonds. The molecule has 0 bridgehead atoms. The lowest BCUT2D eigenvalue weighted by Crippen LogP contribution is -2.18. The van der Waals surface area contributed by atoms with Gasteiger partial charge in [-0.1, -0.05) is 18.2 Å². The lowest BCUT2D eigenvalue weighted by Gasteiger charge is -2.19. The molecule has 0 saturated heterocycles. The maximum atomic E-state index is 11.6. The van der Waals surface area contributed by atoms with Crippen LogP contribution in [0.2, 0.25) is 0 Å². The molecule has 0 aliphatic rings. The summed E-state index contributed by atoms with van der Waals surface area (Å²) in [7, 11) is 1.93. The van der Waals surface area contributed by atoms with Crippen molar-refractivity contribution in [1.82, 2.24) is 4.98 Å². The highest BCUT2D eigenvalue weighted by Gasteiger charge is 2.09. The van der Waals surface area contributed by atoms with Gasteiger partial charge in [0.1, 0.15) is 5.82 Å². The summed E-state index contributed by atoms with van der Waals surface area (Å²) in [6.07, 6.45) is 1.53. The Morgan fingerprint density at radius 1 is 1.29 bits per heavy atom. The molecule has 110 valence electrons. The number of ether oxygens (including phenoxy) is 1. The second-order valence-corrected chi connectivity index (χ2v) is 4.68. The molecule has 0 saturated carbocycles. The van der Waals surface area contributed by atoms with E-state index < -0.39 is 0 Å². The first-order chi connectivity index (χ1) is 10.1. The highest BCUT2D eigenvalue weighted by atomic mass is 16.5. The minimum atomic E-state index is -0.355. The van der Waals surface area contributed by atoms with Gasteiger partial charge in [-0.2, -0.15) is 0 Å². The van der Waals surface area contributed by atoms with Crippen LogP contribution >= 0.6 is 0 Å². The summed E-state index contributed by atoms with van der Waals surface area (Å²) in [5, 5.41) is 0. The maximum absolute atomic E-state index is 11.6. The fourth-order valence-corrected chi connectivity index (χ4v) is 1.96. The zero-order valence-electron chi connectivity index (χ0n) is 12.2. The molecule has 2 aromatic rings. The second-order valence-electron chi connectivity index (χ2n) is 4.68. The van der Waals surface area contributed by atoms with Crippen molar-refractivity contribution in [2.45, 2.75) is 13.5 Å². The van der Waals surface area contributed by atoms with Crippen LogP contribution < -0.4 is 10.6 Å². The van der Waals surface area contributed by atoms with Crippen molar-refractivity contribution >= 4 is 17.5 Å². The topological polar surface area (TPSA) is 68.5 Å². The van der Waals surface area contributed by atoms with Crippen LogP contribution in [0.3, 0.4) is 0 Å². The van der Waals surface area contributed by atoms with Gasteiger partial charge < -0.3 is 15.4 Å². The van der Waals surface area contributed by atoms with E-state index in [0.717, 1.165) is 17.1 Å². The van der Waals surface area contributed by atoms with Gasteiger partial charge in [0.05, 0.1) is 12.2 Å². The second kappa shape index (κ2) is 6.74. The molecule has 5 nitrogen and oxygen atoms in total. The summed E-state index contributed by atoms with van der Waals surface area (Å²) < 4.78 is 4.93. The van der Waals surface area contributed by atoms with E-state index in [1.807, 2.05) is 36.2 Å². The summed E-state index contributed by atoms with van der Waals surface area (Å²) >= 11 is 0. The van der Waals surface area contributed by atoms with E-state index >= 15 is 0 Å². The van der Waals surface area contributed by atoms with Crippen LogP contribution in [0, 0.1) is 0 Å². The number of nitrogen functional groups attached to an aromatic ring is 1. The minimum absolute atomic E-state index is 0.355. The fraction of sp³-hybridized carbons (Fsp3) is 0.250. The van der Waals surface area contributed by atoms with E-state index in [0.29, 0.717) is 18.7 Å². The number of para-hydroxylation sites is 1. The number of carbonyl (C=O) groups is 1. The van der Waals surface area contributed by atoms with Gasteiger partial charge in [-0.15, -0.1) is 0 Å². The third-order valence-electron chi connectivity index (χ3n) is 3.11. The number of pyridine rings is 1. The summed E-state index contributed by atoms with van der Waals surface area (Å²) in [6, 6.07) is 11.2. The van der Waals surface area contributed by atoms with Crippen molar-refractivity contribution in [3.63, 3.8) is 0 Å². The fourth-order valence-electron chi connectivity index (χ4n) is 1.96. The van der Waals surface area contributed by atoms with Gasteiger partial charge in [-0.05, 0) is 30.7 Å². The Bertz CT molecular complexity index is 611. The minimum Gasteiger partial charge on any atom is -0.462 e. The molecule has 2 rings (SSSR count). The highest BCUT2D eigenvalue weighted by Crippen LogP contribution is 2.17. The van der Waals surface area contributed by atoms with Crippen LogP contribution in [0.15, 0.2) is 42.6 Å². The Labute approximate surface area is 124 Å². The predicted octanol–water partition coefficient (Wildman–Crippen LogP) is 2.48. The van der Waals surface area contributed by atoms with Gasteiger partial charge in [0, 0.05) is 25.5 Å². The Morgan fingerprint density at radius 2 is 2.05 bits per heavy atom. The molecule has 1 heterocycles. The van der Waals surface area contributed by atoms with E-state index in [9.17, 15) is 4.79 Å². The molecule has 1 aromatic carbocycles. The number of esters is 1. The van der Waals surface area contributed by atoms with Gasteiger partial charge in [-0.25, -0.2) is 9.78 Å². The molecule has 0 radical (unpaired) electrons. The van der Waals surface area contributed by atoms with E-state index in [4.69, 9.17) is 10.5 Å². The van der Waals surface area contributed by atoms with E-state index in [-0.39, 0.29) is 5.97 Å². The zero-order valence-corrected chi connectivity index (χ0v) is 12.2. The highest BCUT2D eigenvalue weighted by molar-refractivity contribution is 5.89. The lowest BCUT2D eigenvalue weighted by atomic mass is 10.1. The molecular weight excluding hydrogens is 266 g/mol. The number of nitrogens with zero attached hydrogens (tertiary/aromatic N) is 2. The predicted molar refractivity (Wildman–Crippen MR) is 83.2 cm³/mol. The largest absolute Gasteiger partial charge is 0.462 e. The molecule has 1 aromatic heterocycles. The van der Waals surface area contributed by atoms with E-state index in [1.54, 1.807) is 19.1 Å². The Balaban J connectivity index is 2.08. The number of nitrogens with two attached hydrogens (primary N) is 1. The maximum Gasteiger partial charge on any atom is 0.339 e. The molecule has 21 heavy (non-hydrogen) atoms. The standard InChI is InChI=1S/C16H19N3O2/c1-3-21-16(20)12-8-9-15(18-10-12)19(2)11-13-6-4-5-7-14(13)17/h4-10H,3,11,17H2,1-2H3. The average Bonchev–Trinajstić information content (AvgIpc) is 2.50. The smallest absolute Gasteiger partial charge is 0.339 e. The van der Waals surface area contributed by atoms with Gasteiger partial charge >= 0.3 is 5.97 Å². The Kier molecular flexibility index (Phi) is 4.77. The molecular formula is C16H19N3O2. The van der Waals surface area contributed by atoms with Crippen LogP contribution in [-0.2, 0) is 11.3 Å². The average molecular weight is 285 g/mol. The number of hydrogen-bond acceptors (Lipinski definition) is 5. The van der Waals surface area contributed by atoms with Crippen LogP contribution in [0.5, 0.6) is 0 Å². The Morgan fingerprint density at radius 3 is 2.67 bits per heavy atom. The number of carbonyl (C=O) groups excluding carboxylic acids is 1. The molecule has 0 spiro atoms. The van der Waals surface area contributed by atoms with Crippen LogP contribution in [0.4, 0.5) is 11.5 Å². The molecule has 0 atom stereocenters. The summed E-state index contributed by atoms with van der Waals surface area (Å²) in [6.45, 7) is 2.78. The first-order valence-corrected chi connectivity index (χ1v) is 6.79. The van der Waals surface area contributed by atoms with Gasteiger partial charge in [0.2, 0.25) is 0 Å². The van der Waals surface area contributed by atoms with Crippen molar-refractivity contribution < 1.29 is 9.53 Å². The number of benzene rings is 1. The van der Waals surface area contributed by atoms with Crippen molar-refractivity contribution in [3.05, 3.63) is 53.7 Å². The lowest BCUT2D eigenvalue weighted by molar-refractivity contribution is 0.0526. The Hall–Kier alpha value is -2.56. The third-order valence-corrected chi connectivity index (χ3v) is 3.11. The molecule has 0 unspecified atom stereocenters. The third kappa shape index (κ3) is 3.72. The van der Waals surface area contributed by atoms with Crippen LogP contribution in [-0.4, -0.2) is 24.6 Å². The molecule has 0 aliphatic heterocycles. The summed E-state index contributed by atoms with van der Waals surface area (Å²) in [5.41, 5.74) is 8.18. The van der Waals surface area contributed by atoms with Gasteiger partial charge in [0.15, 0.2) is 0 Å².